The molecule has 2 atom stereocenters. The zero-order valence-corrected chi connectivity index (χ0v) is 9.55. The second-order valence-corrected chi connectivity index (χ2v) is 5.43. The van der Waals surface area contributed by atoms with Crippen LogP contribution in [0.4, 0.5) is 0 Å². The Labute approximate surface area is 88.1 Å². The van der Waals surface area contributed by atoms with Crippen LogP contribution in [0.3, 0.4) is 0 Å². The standard InChI is InChI=1S/C14H22/c1-4-12-10-9-11-7-5-6-8-13(11)14(12,2)3/h4,8,11-12H,1,5-7,9-10H2,2-3H3. The fourth-order valence-corrected chi connectivity index (χ4v) is 3.40. The quantitative estimate of drug-likeness (QED) is 0.540. The predicted octanol–water partition coefficient (Wildman–Crippen LogP) is 4.34. The smallest absolute Gasteiger partial charge is 0.00793 e. The second kappa shape index (κ2) is 3.56. The Kier molecular flexibility index (Phi) is 2.55. The van der Waals surface area contributed by atoms with Crippen LogP contribution in [0, 0.1) is 17.3 Å². The Hall–Kier alpha value is -0.520. The number of hydrogen-bond donors (Lipinski definition) is 0. The molecule has 0 bridgehead atoms. The molecule has 0 nitrogen and oxygen atoms in total. The van der Waals surface area contributed by atoms with Gasteiger partial charge in [-0.15, -0.1) is 6.58 Å². The lowest BCUT2D eigenvalue weighted by Gasteiger charge is -2.45. The molecule has 78 valence electrons. The number of allylic oxidation sites excluding steroid dienone is 3. The molecular weight excluding hydrogens is 168 g/mol. The van der Waals surface area contributed by atoms with Gasteiger partial charge in [-0.2, -0.15) is 0 Å². The van der Waals surface area contributed by atoms with Crippen molar-refractivity contribution >= 4 is 0 Å². The average Bonchev–Trinajstić information content (AvgIpc) is 2.18. The van der Waals surface area contributed by atoms with Gasteiger partial charge in [0.05, 0.1) is 0 Å². The van der Waals surface area contributed by atoms with Gasteiger partial charge in [-0.1, -0.05) is 31.6 Å². The van der Waals surface area contributed by atoms with Gasteiger partial charge in [0.15, 0.2) is 0 Å². The van der Waals surface area contributed by atoms with Crippen LogP contribution in [0.15, 0.2) is 24.3 Å². The molecule has 1 fully saturated rings. The van der Waals surface area contributed by atoms with Crippen LogP contribution in [0.5, 0.6) is 0 Å². The van der Waals surface area contributed by atoms with Crippen molar-refractivity contribution in [3.8, 4) is 0 Å². The lowest BCUT2D eigenvalue weighted by Crippen LogP contribution is -2.35. The molecule has 0 aromatic rings. The summed E-state index contributed by atoms with van der Waals surface area (Å²) in [5.41, 5.74) is 2.12. The summed E-state index contributed by atoms with van der Waals surface area (Å²) in [6.07, 6.45) is 11.6. The molecular formula is C14H22. The first-order valence-electron chi connectivity index (χ1n) is 5.99. The third kappa shape index (κ3) is 1.45. The van der Waals surface area contributed by atoms with Crippen molar-refractivity contribution < 1.29 is 0 Å². The Balaban J connectivity index is 2.30. The molecule has 0 aromatic carbocycles. The van der Waals surface area contributed by atoms with E-state index in [4.69, 9.17) is 0 Å². The van der Waals surface area contributed by atoms with Crippen LogP contribution in [0.1, 0.15) is 46.0 Å². The minimum atomic E-state index is 0.380. The highest BCUT2D eigenvalue weighted by Crippen LogP contribution is 2.50. The Bertz CT molecular complexity index is 257. The molecule has 1 saturated carbocycles. The Morgan fingerprint density at radius 1 is 1.36 bits per heavy atom. The molecule has 0 aromatic heterocycles. The van der Waals surface area contributed by atoms with Gasteiger partial charge < -0.3 is 0 Å². The van der Waals surface area contributed by atoms with E-state index in [1.54, 1.807) is 5.57 Å². The Morgan fingerprint density at radius 3 is 2.86 bits per heavy atom. The SMILES string of the molecule is C=CC1CCC2CCCC=C2C1(C)C. The zero-order valence-electron chi connectivity index (χ0n) is 9.55. The molecule has 0 heteroatoms. The zero-order chi connectivity index (χ0) is 10.2. The van der Waals surface area contributed by atoms with Crippen molar-refractivity contribution in [3.63, 3.8) is 0 Å². The summed E-state index contributed by atoms with van der Waals surface area (Å²) in [6.45, 7) is 8.80. The number of fused-ring (bicyclic) bond motifs is 1. The molecule has 0 heterocycles. The van der Waals surface area contributed by atoms with Gasteiger partial charge in [0.2, 0.25) is 0 Å². The van der Waals surface area contributed by atoms with E-state index < -0.39 is 0 Å². The molecule has 2 aliphatic rings. The van der Waals surface area contributed by atoms with Crippen molar-refractivity contribution in [1.82, 2.24) is 0 Å². The summed E-state index contributed by atoms with van der Waals surface area (Å²) in [5, 5.41) is 0. The lowest BCUT2D eigenvalue weighted by molar-refractivity contribution is 0.198. The van der Waals surface area contributed by atoms with Gasteiger partial charge in [0.25, 0.3) is 0 Å². The maximum Gasteiger partial charge on any atom is -0.00793 e. The van der Waals surface area contributed by atoms with Gasteiger partial charge in [-0.05, 0) is 49.4 Å². The van der Waals surface area contributed by atoms with E-state index in [0.29, 0.717) is 11.3 Å². The van der Waals surface area contributed by atoms with Crippen molar-refractivity contribution in [2.75, 3.05) is 0 Å². The van der Waals surface area contributed by atoms with Crippen molar-refractivity contribution in [1.29, 1.82) is 0 Å². The molecule has 2 aliphatic carbocycles. The van der Waals surface area contributed by atoms with E-state index in [-0.39, 0.29) is 0 Å². The molecule has 0 aliphatic heterocycles. The average molecular weight is 190 g/mol. The molecule has 0 spiro atoms. The largest absolute Gasteiger partial charge is 0.103 e. The van der Waals surface area contributed by atoms with Gasteiger partial charge in [0, 0.05) is 0 Å². The van der Waals surface area contributed by atoms with E-state index in [0.717, 1.165) is 5.92 Å². The molecule has 0 N–H and O–H groups in total. The maximum absolute atomic E-state index is 3.99. The first-order chi connectivity index (χ1) is 6.66. The summed E-state index contributed by atoms with van der Waals surface area (Å²) < 4.78 is 0. The van der Waals surface area contributed by atoms with Crippen LogP contribution < -0.4 is 0 Å². The fraction of sp³-hybridized carbons (Fsp3) is 0.714. The van der Waals surface area contributed by atoms with E-state index in [2.05, 4.69) is 32.6 Å². The fourth-order valence-electron chi connectivity index (χ4n) is 3.40. The van der Waals surface area contributed by atoms with Crippen molar-refractivity contribution in [2.24, 2.45) is 17.3 Å². The van der Waals surface area contributed by atoms with Crippen LogP contribution in [-0.4, -0.2) is 0 Å². The summed E-state index contributed by atoms with van der Waals surface area (Å²) >= 11 is 0. The molecule has 0 radical (unpaired) electrons. The number of rotatable bonds is 1. The third-order valence-corrected chi connectivity index (χ3v) is 4.34. The van der Waals surface area contributed by atoms with E-state index in [1.165, 1.54) is 32.1 Å². The molecule has 14 heavy (non-hydrogen) atoms. The van der Waals surface area contributed by atoms with Gasteiger partial charge in [0.1, 0.15) is 0 Å². The highest BCUT2D eigenvalue weighted by molar-refractivity contribution is 5.23. The van der Waals surface area contributed by atoms with Gasteiger partial charge >= 0.3 is 0 Å². The summed E-state index contributed by atoms with van der Waals surface area (Å²) in [4.78, 5) is 0. The van der Waals surface area contributed by atoms with Crippen molar-refractivity contribution in [3.05, 3.63) is 24.3 Å². The minimum absolute atomic E-state index is 0.380. The van der Waals surface area contributed by atoms with Gasteiger partial charge in [-0.25, -0.2) is 0 Å². The molecule has 0 amide bonds. The first kappa shape index (κ1) is 10.0. The molecule has 2 rings (SSSR count). The van der Waals surface area contributed by atoms with E-state index in [1.807, 2.05) is 0 Å². The van der Waals surface area contributed by atoms with Crippen LogP contribution in [0.25, 0.3) is 0 Å². The summed E-state index contributed by atoms with van der Waals surface area (Å²) in [5.74, 6) is 1.60. The summed E-state index contributed by atoms with van der Waals surface area (Å²) in [7, 11) is 0. The van der Waals surface area contributed by atoms with Crippen LogP contribution >= 0.6 is 0 Å². The Morgan fingerprint density at radius 2 is 2.14 bits per heavy atom. The minimum Gasteiger partial charge on any atom is -0.103 e. The third-order valence-electron chi connectivity index (χ3n) is 4.34. The normalized spacial score (nSPS) is 35.7. The lowest BCUT2D eigenvalue weighted by atomic mass is 9.59. The molecule has 0 saturated heterocycles. The number of hydrogen-bond acceptors (Lipinski definition) is 0. The first-order valence-corrected chi connectivity index (χ1v) is 5.99. The van der Waals surface area contributed by atoms with Crippen LogP contribution in [0.2, 0.25) is 0 Å². The van der Waals surface area contributed by atoms with Crippen LogP contribution in [-0.2, 0) is 0 Å². The second-order valence-electron chi connectivity index (χ2n) is 5.43. The maximum atomic E-state index is 3.99. The van der Waals surface area contributed by atoms with Crippen molar-refractivity contribution in [2.45, 2.75) is 46.0 Å². The van der Waals surface area contributed by atoms with E-state index in [9.17, 15) is 0 Å². The highest BCUT2D eigenvalue weighted by Gasteiger charge is 2.39. The highest BCUT2D eigenvalue weighted by atomic mass is 14.4. The van der Waals surface area contributed by atoms with E-state index >= 15 is 0 Å². The predicted molar refractivity (Wildman–Crippen MR) is 62.1 cm³/mol. The monoisotopic (exact) mass is 190 g/mol. The van der Waals surface area contributed by atoms with Gasteiger partial charge in [-0.3, -0.25) is 0 Å². The summed E-state index contributed by atoms with van der Waals surface area (Å²) in [6, 6.07) is 0. The topological polar surface area (TPSA) is 0 Å². The molecule has 2 unspecified atom stereocenters.